The maximum absolute atomic E-state index is 10.8. The number of aromatic nitrogens is 1. The number of nitrogens with two attached hydrogens (primary N) is 2. The summed E-state index contributed by atoms with van der Waals surface area (Å²) in [6, 6.07) is 1.33. The van der Waals surface area contributed by atoms with Crippen LogP contribution >= 0.6 is 0 Å². The van der Waals surface area contributed by atoms with E-state index in [0.717, 1.165) is 0 Å². The first-order chi connectivity index (χ1) is 5.52. The molecule has 0 aliphatic rings. The predicted octanol–water partition coefficient (Wildman–Crippen LogP) is -0.223. The molecular formula is C7H9N3O2. The lowest BCUT2D eigenvalue weighted by Crippen LogP contribution is -2.16. The van der Waals surface area contributed by atoms with E-state index < -0.39 is 5.91 Å². The Morgan fingerprint density at radius 3 is 2.67 bits per heavy atom. The van der Waals surface area contributed by atoms with Crippen molar-refractivity contribution in [2.45, 2.75) is 6.92 Å². The summed E-state index contributed by atoms with van der Waals surface area (Å²) in [7, 11) is 0. The molecule has 0 bridgehead atoms. The first-order valence-corrected chi connectivity index (χ1v) is 3.28. The number of hydrogen-bond donors (Lipinski definition) is 3. The lowest BCUT2D eigenvalue weighted by Gasteiger charge is -2.04. The summed E-state index contributed by atoms with van der Waals surface area (Å²) in [5, 5.41) is 8.96. The van der Waals surface area contributed by atoms with Crippen molar-refractivity contribution >= 4 is 11.7 Å². The Morgan fingerprint density at radius 1 is 1.67 bits per heavy atom. The monoisotopic (exact) mass is 167 g/mol. The van der Waals surface area contributed by atoms with Gasteiger partial charge in [0, 0.05) is 6.07 Å². The van der Waals surface area contributed by atoms with Crippen LogP contribution in [0.1, 0.15) is 15.9 Å². The van der Waals surface area contributed by atoms with Gasteiger partial charge in [0.05, 0.1) is 5.56 Å². The maximum atomic E-state index is 10.8. The summed E-state index contributed by atoms with van der Waals surface area (Å²) in [4.78, 5) is 14.3. The van der Waals surface area contributed by atoms with Gasteiger partial charge in [-0.1, -0.05) is 0 Å². The number of nitrogen functional groups attached to an aromatic ring is 1. The second kappa shape index (κ2) is 2.69. The summed E-state index contributed by atoms with van der Waals surface area (Å²) in [6.45, 7) is 1.62. The molecule has 5 heteroatoms. The molecule has 1 aromatic heterocycles. The van der Waals surface area contributed by atoms with Crippen molar-refractivity contribution < 1.29 is 9.90 Å². The van der Waals surface area contributed by atoms with Gasteiger partial charge in [0.15, 0.2) is 0 Å². The number of hydrogen-bond acceptors (Lipinski definition) is 4. The molecule has 64 valence electrons. The molecule has 5 N–H and O–H groups in total. The van der Waals surface area contributed by atoms with Gasteiger partial charge in [0.25, 0.3) is 5.91 Å². The molecule has 1 amide bonds. The van der Waals surface area contributed by atoms with Crippen molar-refractivity contribution in [1.82, 2.24) is 4.98 Å². The van der Waals surface area contributed by atoms with Gasteiger partial charge in [-0.2, -0.15) is 4.98 Å². The van der Waals surface area contributed by atoms with Crippen LogP contribution in [0.25, 0.3) is 0 Å². The predicted molar refractivity (Wildman–Crippen MR) is 43.6 cm³/mol. The zero-order valence-electron chi connectivity index (χ0n) is 6.53. The summed E-state index contributed by atoms with van der Waals surface area (Å²) in [5.41, 5.74) is 11.1. The molecule has 0 aliphatic carbocycles. The number of aromatic hydroxyl groups is 1. The fraction of sp³-hybridized carbons (Fsp3) is 0.143. The largest absolute Gasteiger partial charge is 0.493 e. The van der Waals surface area contributed by atoms with Gasteiger partial charge in [-0.3, -0.25) is 4.79 Å². The Morgan fingerprint density at radius 2 is 2.25 bits per heavy atom. The number of primary amides is 1. The Balaban J connectivity index is 3.38. The highest BCUT2D eigenvalue weighted by molar-refractivity contribution is 5.98. The number of pyridine rings is 1. The van der Waals surface area contributed by atoms with Crippen LogP contribution in [-0.2, 0) is 0 Å². The molecule has 0 spiro atoms. The van der Waals surface area contributed by atoms with Crippen molar-refractivity contribution in [3.05, 3.63) is 17.2 Å². The fourth-order valence-electron chi connectivity index (χ4n) is 1.000. The standard InChI is InChI=1S/C7H9N3O2/c1-3-2-4(11)10-6(8)5(3)7(9)12/h2H,1H3,(H2,9,12)(H3,8,10,11). The van der Waals surface area contributed by atoms with Crippen LogP contribution in [0.3, 0.4) is 0 Å². The molecule has 0 atom stereocenters. The number of carbonyl (C=O) groups excluding carboxylic acids is 1. The van der Waals surface area contributed by atoms with E-state index in [-0.39, 0.29) is 17.3 Å². The molecule has 0 aliphatic heterocycles. The van der Waals surface area contributed by atoms with Gasteiger partial charge < -0.3 is 16.6 Å². The molecule has 0 unspecified atom stereocenters. The van der Waals surface area contributed by atoms with E-state index in [0.29, 0.717) is 5.56 Å². The Bertz CT molecular complexity index is 312. The third-order valence-electron chi connectivity index (χ3n) is 1.48. The van der Waals surface area contributed by atoms with Gasteiger partial charge in [0.2, 0.25) is 5.88 Å². The molecule has 12 heavy (non-hydrogen) atoms. The highest BCUT2D eigenvalue weighted by Crippen LogP contribution is 2.18. The molecule has 0 saturated carbocycles. The SMILES string of the molecule is Cc1cc(O)nc(N)c1C(N)=O. The van der Waals surface area contributed by atoms with Crippen molar-refractivity contribution in [3.63, 3.8) is 0 Å². The molecule has 0 saturated heterocycles. The minimum Gasteiger partial charge on any atom is -0.493 e. The van der Waals surface area contributed by atoms with Crippen LogP contribution < -0.4 is 11.5 Å². The smallest absolute Gasteiger partial charge is 0.252 e. The Labute approximate surface area is 69.0 Å². The minimum atomic E-state index is -0.641. The van der Waals surface area contributed by atoms with Crippen LogP contribution in [-0.4, -0.2) is 16.0 Å². The lowest BCUT2D eigenvalue weighted by molar-refractivity contribution is 0.100. The molecule has 5 nitrogen and oxygen atoms in total. The fourth-order valence-corrected chi connectivity index (χ4v) is 1.000. The van der Waals surface area contributed by atoms with Crippen molar-refractivity contribution in [1.29, 1.82) is 0 Å². The number of rotatable bonds is 1. The summed E-state index contributed by atoms with van der Waals surface area (Å²) < 4.78 is 0. The third kappa shape index (κ3) is 1.29. The normalized spacial score (nSPS) is 9.75. The first kappa shape index (κ1) is 8.32. The van der Waals surface area contributed by atoms with Gasteiger partial charge >= 0.3 is 0 Å². The average Bonchev–Trinajstić information content (AvgIpc) is 1.82. The number of amides is 1. The average molecular weight is 167 g/mol. The minimum absolute atomic E-state index is 0.0417. The van der Waals surface area contributed by atoms with Crippen LogP contribution in [0.5, 0.6) is 5.88 Å². The zero-order chi connectivity index (χ0) is 9.30. The number of carbonyl (C=O) groups is 1. The van der Waals surface area contributed by atoms with Crippen LogP contribution in [0.15, 0.2) is 6.07 Å². The van der Waals surface area contributed by atoms with E-state index in [1.54, 1.807) is 6.92 Å². The van der Waals surface area contributed by atoms with Crippen LogP contribution in [0, 0.1) is 6.92 Å². The van der Waals surface area contributed by atoms with Crippen molar-refractivity contribution in [2.75, 3.05) is 5.73 Å². The topological polar surface area (TPSA) is 102 Å². The highest BCUT2D eigenvalue weighted by atomic mass is 16.3. The van der Waals surface area contributed by atoms with E-state index in [1.807, 2.05) is 0 Å². The molecular weight excluding hydrogens is 158 g/mol. The van der Waals surface area contributed by atoms with Crippen molar-refractivity contribution in [2.24, 2.45) is 5.73 Å². The quantitative estimate of drug-likeness (QED) is 0.537. The molecule has 1 rings (SSSR count). The van der Waals surface area contributed by atoms with Crippen LogP contribution in [0.2, 0.25) is 0 Å². The highest BCUT2D eigenvalue weighted by Gasteiger charge is 2.11. The van der Waals surface area contributed by atoms with Gasteiger partial charge in [-0.05, 0) is 12.5 Å². The first-order valence-electron chi connectivity index (χ1n) is 3.28. The van der Waals surface area contributed by atoms with E-state index in [4.69, 9.17) is 16.6 Å². The van der Waals surface area contributed by atoms with E-state index >= 15 is 0 Å². The van der Waals surface area contributed by atoms with E-state index in [2.05, 4.69) is 4.98 Å². The summed E-state index contributed by atoms with van der Waals surface area (Å²) in [5.74, 6) is -0.896. The second-order valence-electron chi connectivity index (χ2n) is 2.42. The van der Waals surface area contributed by atoms with Gasteiger partial charge in [0.1, 0.15) is 5.82 Å². The van der Waals surface area contributed by atoms with Crippen LogP contribution in [0.4, 0.5) is 5.82 Å². The second-order valence-corrected chi connectivity index (χ2v) is 2.42. The maximum Gasteiger partial charge on any atom is 0.252 e. The van der Waals surface area contributed by atoms with E-state index in [1.165, 1.54) is 6.07 Å². The molecule has 0 fully saturated rings. The van der Waals surface area contributed by atoms with Crippen molar-refractivity contribution in [3.8, 4) is 5.88 Å². The lowest BCUT2D eigenvalue weighted by atomic mass is 10.1. The molecule has 1 aromatic rings. The zero-order valence-corrected chi connectivity index (χ0v) is 6.53. The van der Waals surface area contributed by atoms with E-state index in [9.17, 15) is 4.79 Å². The molecule has 0 aromatic carbocycles. The molecule has 1 heterocycles. The number of aryl methyl sites for hydroxylation is 1. The van der Waals surface area contributed by atoms with Gasteiger partial charge in [-0.15, -0.1) is 0 Å². The number of anilines is 1. The van der Waals surface area contributed by atoms with Gasteiger partial charge in [-0.25, -0.2) is 0 Å². The number of nitrogens with zero attached hydrogens (tertiary/aromatic N) is 1. The Kier molecular flexibility index (Phi) is 1.86. The molecule has 0 radical (unpaired) electrons. The third-order valence-corrected chi connectivity index (χ3v) is 1.48. The summed E-state index contributed by atoms with van der Waals surface area (Å²) in [6.07, 6.45) is 0. The Hall–Kier alpha value is -1.78. The summed E-state index contributed by atoms with van der Waals surface area (Å²) >= 11 is 0.